The van der Waals surface area contributed by atoms with Gasteiger partial charge in [0.05, 0.1) is 12.2 Å². The fourth-order valence-corrected chi connectivity index (χ4v) is 3.13. The van der Waals surface area contributed by atoms with Gasteiger partial charge in [0.1, 0.15) is 5.82 Å². The smallest absolute Gasteiger partial charge is 0.273 e. The number of carbonyl (C=O) groups is 1. The van der Waals surface area contributed by atoms with Crippen molar-refractivity contribution in [2.24, 2.45) is 0 Å². The lowest BCUT2D eigenvalue weighted by Gasteiger charge is -2.26. The summed E-state index contributed by atoms with van der Waals surface area (Å²) in [5.41, 5.74) is 0.770. The fourth-order valence-electron chi connectivity index (χ4n) is 3.13. The van der Waals surface area contributed by atoms with Crippen molar-refractivity contribution in [3.63, 3.8) is 0 Å². The molecule has 25 heavy (non-hydrogen) atoms. The first kappa shape index (κ1) is 17.5. The van der Waals surface area contributed by atoms with Gasteiger partial charge in [-0.1, -0.05) is 29.8 Å². The number of likely N-dealkylation sites (tertiary alicyclic amines) is 1. The van der Waals surface area contributed by atoms with Crippen LogP contribution in [0.15, 0.2) is 30.5 Å². The van der Waals surface area contributed by atoms with Crippen molar-refractivity contribution >= 4 is 5.91 Å². The number of nitrogens with one attached hydrogen (secondary N) is 1. The molecule has 1 aliphatic heterocycles. The summed E-state index contributed by atoms with van der Waals surface area (Å²) < 4.78 is 15.4. The Morgan fingerprint density at radius 2 is 2.04 bits per heavy atom. The Labute approximate surface area is 147 Å². The molecule has 0 aliphatic carbocycles. The standard InChI is InChI=1S/C18H24FN5O/c1-14(15-7-3-4-8-16(15)19)24-13-17(21-22-24)18(25)20-9-12-23-10-5-2-6-11-23/h3-4,7-8,13-14H,2,5-6,9-12H2,1H3,(H,20,25)/t14-/m0/s1. The number of rotatable bonds is 6. The molecule has 0 saturated carbocycles. The van der Waals surface area contributed by atoms with E-state index < -0.39 is 0 Å². The molecule has 2 heterocycles. The zero-order valence-electron chi connectivity index (χ0n) is 14.5. The summed E-state index contributed by atoms with van der Waals surface area (Å²) >= 11 is 0. The lowest BCUT2D eigenvalue weighted by molar-refractivity contribution is 0.0941. The van der Waals surface area contributed by atoms with Gasteiger partial charge in [0, 0.05) is 18.7 Å². The number of nitrogens with zero attached hydrogens (tertiary/aromatic N) is 4. The molecule has 1 aromatic carbocycles. The van der Waals surface area contributed by atoms with E-state index in [-0.39, 0.29) is 23.5 Å². The highest BCUT2D eigenvalue weighted by atomic mass is 19.1. The molecular weight excluding hydrogens is 321 g/mol. The van der Waals surface area contributed by atoms with Gasteiger partial charge in [0.2, 0.25) is 0 Å². The molecule has 2 aromatic rings. The normalized spacial score (nSPS) is 16.6. The molecule has 0 radical (unpaired) electrons. The molecule has 1 saturated heterocycles. The summed E-state index contributed by atoms with van der Waals surface area (Å²) in [6.45, 7) is 5.48. The van der Waals surface area contributed by atoms with Gasteiger partial charge in [-0.15, -0.1) is 5.10 Å². The number of amides is 1. The highest BCUT2D eigenvalue weighted by molar-refractivity contribution is 5.91. The van der Waals surface area contributed by atoms with Crippen molar-refractivity contribution in [1.82, 2.24) is 25.2 Å². The summed E-state index contributed by atoms with van der Waals surface area (Å²) in [5, 5.41) is 10.8. The number of hydrogen-bond donors (Lipinski definition) is 1. The van der Waals surface area contributed by atoms with Crippen LogP contribution < -0.4 is 5.32 Å². The minimum Gasteiger partial charge on any atom is -0.349 e. The Kier molecular flexibility index (Phi) is 5.75. The van der Waals surface area contributed by atoms with E-state index in [4.69, 9.17) is 0 Å². The van der Waals surface area contributed by atoms with Gasteiger partial charge >= 0.3 is 0 Å². The Morgan fingerprint density at radius 3 is 2.80 bits per heavy atom. The molecule has 0 bridgehead atoms. The molecule has 1 aliphatic rings. The number of benzene rings is 1. The van der Waals surface area contributed by atoms with E-state index in [0.717, 1.165) is 19.6 Å². The van der Waals surface area contributed by atoms with E-state index in [1.54, 1.807) is 24.4 Å². The molecule has 1 amide bonds. The van der Waals surface area contributed by atoms with Gasteiger partial charge in [0.25, 0.3) is 5.91 Å². The Hall–Kier alpha value is -2.28. The maximum Gasteiger partial charge on any atom is 0.273 e. The average Bonchev–Trinajstić information content (AvgIpc) is 3.13. The maximum atomic E-state index is 13.9. The SMILES string of the molecule is C[C@@H](c1ccccc1F)n1cc(C(=O)NCCN2CCCCC2)nn1. The zero-order valence-corrected chi connectivity index (χ0v) is 14.5. The lowest BCUT2D eigenvalue weighted by Crippen LogP contribution is -2.37. The highest BCUT2D eigenvalue weighted by Gasteiger charge is 2.17. The molecule has 134 valence electrons. The van der Waals surface area contributed by atoms with Crippen LogP contribution in [0.2, 0.25) is 0 Å². The average molecular weight is 345 g/mol. The predicted octanol–water partition coefficient (Wildman–Crippen LogP) is 2.24. The molecular formula is C18H24FN5O. The Balaban J connectivity index is 1.55. The van der Waals surface area contributed by atoms with Crippen LogP contribution in [0.1, 0.15) is 48.3 Å². The van der Waals surface area contributed by atoms with Crippen molar-refractivity contribution in [3.8, 4) is 0 Å². The van der Waals surface area contributed by atoms with Crippen molar-refractivity contribution in [2.45, 2.75) is 32.2 Å². The highest BCUT2D eigenvalue weighted by Crippen LogP contribution is 2.19. The number of piperidine rings is 1. The van der Waals surface area contributed by atoms with Crippen molar-refractivity contribution in [3.05, 3.63) is 47.5 Å². The van der Waals surface area contributed by atoms with E-state index in [0.29, 0.717) is 12.1 Å². The van der Waals surface area contributed by atoms with Crippen LogP contribution in [0, 0.1) is 5.82 Å². The third-order valence-corrected chi connectivity index (χ3v) is 4.66. The zero-order chi connectivity index (χ0) is 17.6. The third-order valence-electron chi connectivity index (χ3n) is 4.66. The Bertz CT molecular complexity index is 711. The molecule has 1 atom stereocenters. The molecule has 1 aromatic heterocycles. The first-order chi connectivity index (χ1) is 12.1. The van der Waals surface area contributed by atoms with E-state index in [2.05, 4.69) is 20.5 Å². The van der Waals surface area contributed by atoms with Crippen molar-refractivity contribution in [1.29, 1.82) is 0 Å². The van der Waals surface area contributed by atoms with Gasteiger partial charge in [-0.3, -0.25) is 4.79 Å². The monoisotopic (exact) mass is 345 g/mol. The predicted molar refractivity (Wildman–Crippen MR) is 92.9 cm³/mol. The Morgan fingerprint density at radius 1 is 1.28 bits per heavy atom. The van der Waals surface area contributed by atoms with Crippen molar-refractivity contribution in [2.75, 3.05) is 26.2 Å². The van der Waals surface area contributed by atoms with E-state index >= 15 is 0 Å². The summed E-state index contributed by atoms with van der Waals surface area (Å²) in [7, 11) is 0. The van der Waals surface area contributed by atoms with Gasteiger partial charge in [-0.25, -0.2) is 9.07 Å². The molecule has 0 spiro atoms. The summed E-state index contributed by atoms with van der Waals surface area (Å²) in [6, 6.07) is 6.22. The second-order valence-corrected chi connectivity index (χ2v) is 6.44. The van der Waals surface area contributed by atoms with Crippen LogP contribution in [0.3, 0.4) is 0 Å². The summed E-state index contributed by atoms with van der Waals surface area (Å²) in [5.74, 6) is -0.540. The maximum absolute atomic E-state index is 13.9. The minimum absolute atomic E-state index is 0.246. The van der Waals surface area contributed by atoms with E-state index in [9.17, 15) is 9.18 Å². The van der Waals surface area contributed by atoms with Gasteiger partial charge in [-0.2, -0.15) is 0 Å². The van der Waals surface area contributed by atoms with Crippen LogP contribution in [-0.4, -0.2) is 52.0 Å². The first-order valence-electron chi connectivity index (χ1n) is 8.82. The molecule has 7 heteroatoms. The number of halogens is 1. The van der Waals surface area contributed by atoms with Gasteiger partial charge in [0.15, 0.2) is 5.69 Å². The molecule has 6 nitrogen and oxygen atoms in total. The second kappa shape index (κ2) is 8.20. The number of carbonyl (C=O) groups excluding carboxylic acids is 1. The topological polar surface area (TPSA) is 63.1 Å². The summed E-state index contributed by atoms with van der Waals surface area (Å²) in [4.78, 5) is 14.6. The van der Waals surface area contributed by atoms with Gasteiger partial charge < -0.3 is 10.2 Å². The summed E-state index contributed by atoms with van der Waals surface area (Å²) in [6.07, 6.45) is 5.33. The number of aromatic nitrogens is 3. The quantitative estimate of drug-likeness (QED) is 0.872. The van der Waals surface area contributed by atoms with Crippen LogP contribution in [0.25, 0.3) is 0 Å². The first-order valence-corrected chi connectivity index (χ1v) is 8.82. The molecule has 3 rings (SSSR count). The largest absolute Gasteiger partial charge is 0.349 e. The lowest BCUT2D eigenvalue weighted by atomic mass is 10.1. The number of hydrogen-bond acceptors (Lipinski definition) is 4. The molecule has 1 N–H and O–H groups in total. The van der Waals surface area contributed by atoms with Crippen LogP contribution in [0.5, 0.6) is 0 Å². The van der Waals surface area contributed by atoms with Crippen LogP contribution >= 0.6 is 0 Å². The second-order valence-electron chi connectivity index (χ2n) is 6.44. The van der Waals surface area contributed by atoms with Crippen molar-refractivity contribution < 1.29 is 9.18 Å². The fraction of sp³-hybridized carbons (Fsp3) is 0.500. The molecule has 1 fully saturated rings. The van der Waals surface area contributed by atoms with E-state index in [1.807, 2.05) is 6.92 Å². The molecule has 0 unspecified atom stereocenters. The van der Waals surface area contributed by atoms with Crippen LogP contribution in [0.4, 0.5) is 4.39 Å². The van der Waals surface area contributed by atoms with Gasteiger partial charge in [-0.05, 0) is 38.9 Å². The third kappa shape index (κ3) is 4.42. The minimum atomic E-state index is -0.330. The van der Waals surface area contributed by atoms with E-state index in [1.165, 1.54) is 30.0 Å². The van der Waals surface area contributed by atoms with Crippen LogP contribution in [-0.2, 0) is 0 Å².